The summed E-state index contributed by atoms with van der Waals surface area (Å²) in [5.74, 6) is -0.0362. The van der Waals surface area contributed by atoms with Gasteiger partial charge in [0.1, 0.15) is 0 Å². The van der Waals surface area contributed by atoms with Crippen molar-refractivity contribution in [3.05, 3.63) is 48.8 Å². The minimum Gasteiger partial charge on any atom is -0.351 e. The Morgan fingerprint density at radius 1 is 1.07 bits per heavy atom. The van der Waals surface area contributed by atoms with Crippen molar-refractivity contribution in [2.45, 2.75) is 30.2 Å². The number of thioether (sulfide) groups is 1. The van der Waals surface area contributed by atoms with Gasteiger partial charge in [-0.1, -0.05) is 0 Å². The molecule has 0 aliphatic carbocycles. The number of aromatic nitrogens is 1. The summed E-state index contributed by atoms with van der Waals surface area (Å²) >= 11 is 1.68. The maximum atomic E-state index is 13.0. The van der Waals surface area contributed by atoms with Crippen molar-refractivity contribution < 1.29 is 9.59 Å². The highest BCUT2D eigenvalue weighted by molar-refractivity contribution is 7.98. The molecule has 1 atom stereocenters. The molecule has 6 heteroatoms. The van der Waals surface area contributed by atoms with Crippen molar-refractivity contribution >= 4 is 29.3 Å². The Labute approximate surface area is 164 Å². The molecule has 27 heavy (non-hydrogen) atoms. The van der Waals surface area contributed by atoms with Crippen molar-refractivity contribution in [3.8, 4) is 0 Å². The molecule has 3 heterocycles. The number of hydrogen-bond acceptors (Lipinski definition) is 3. The standard InChI is InChI=1S/C21H25N3O2S/c1-27-19-6-4-18(5-7-19)24-15-16(14-20(24)25)21(26)23-12-8-17(9-13-23)22-10-2-3-11-22/h2-7,10-11,16-17H,8-9,12-15H2,1H3. The van der Waals surface area contributed by atoms with E-state index in [2.05, 4.69) is 17.0 Å². The zero-order valence-electron chi connectivity index (χ0n) is 15.6. The second-order valence-electron chi connectivity index (χ2n) is 7.29. The van der Waals surface area contributed by atoms with Crippen LogP contribution in [0.15, 0.2) is 53.7 Å². The molecular weight excluding hydrogens is 358 g/mol. The Hall–Kier alpha value is -2.21. The molecule has 2 aliphatic rings. The third kappa shape index (κ3) is 3.76. The molecule has 0 bridgehead atoms. The van der Waals surface area contributed by atoms with Crippen LogP contribution in [0.5, 0.6) is 0 Å². The average molecular weight is 384 g/mol. The zero-order chi connectivity index (χ0) is 18.8. The quantitative estimate of drug-likeness (QED) is 0.760. The van der Waals surface area contributed by atoms with E-state index in [-0.39, 0.29) is 17.7 Å². The lowest BCUT2D eigenvalue weighted by Crippen LogP contribution is -2.42. The maximum absolute atomic E-state index is 13.0. The first-order valence-corrected chi connectivity index (χ1v) is 10.7. The van der Waals surface area contributed by atoms with E-state index in [9.17, 15) is 9.59 Å². The van der Waals surface area contributed by atoms with Crippen LogP contribution in [0.25, 0.3) is 0 Å². The molecule has 1 aromatic carbocycles. The van der Waals surface area contributed by atoms with Gasteiger partial charge in [0.2, 0.25) is 11.8 Å². The number of piperidine rings is 1. The molecule has 0 saturated carbocycles. The lowest BCUT2D eigenvalue weighted by Gasteiger charge is -2.34. The molecular formula is C21H25N3O2S. The van der Waals surface area contributed by atoms with Gasteiger partial charge in [-0.05, 0) is 55.5 Å². The summed E-state index contributed by atoms with van der Waals surface area (Å²) < 4.78 is 2.24. The van der Waals surface area contributed by atoms with Crippen molar-refractivity contribution in [1.29, 1.82) is 0 Å². The van der Waals surface area contributed by atoms with Gasteiger partial charge in [-0.25, -0.2) is 0 Å². The molecule has 2 aliphatic heterocycles. The first-order valence-electron chi connectivity index (χ1n) is 9.51. The van der Waals surface area contributed by atoms with Crippen molar-refractivity contribution in [3.63, 3.8) is 0 Å². The molecule has 5 nitrogen and oxygen atoms in total. The van der Waals surface area contributed by atoms with Gasteiger partial charge in [0.25, 0.3) is 0 Å². The van der Waals surface area contributed by atoms with E-state index in [1.54, 1.807) is 16.7 Å². The third-order valence-corrected chi connectivity index (χ3v) is 6.43. The van der Waals surface area contributed by atoms with Gasteiger partial charge in [-0.2, -0.15) is 0 Å². The van der Waals surface area contributed by atoms with Crippen molar-refractivity contribution in [2.75, 3.05) is 30.8 Å². The van der Waals surface area contributed by atoms with Gasteiger partial charge < -0.3 is 14.4 Å². The van der Waals surface area contributed by atoms with E-state index in [1.807, 2.05) is 47.6 Å². The van der Waals surface area contributed by atoms with Gasteiger partial charge in [0, 0.05) is 55.1 Å². The lowest BCUT2D eigenvalue weighted by molar-refractivity contribution is -0.137. The number of rotatable bonds is 4. The van der Waals surface area contributed by atoms with E-state index >= 15 is 0 Å². The highest BCUT2D eigenvalue weighted by atomic mass is 32.2. The second-order valence-corrected chi connectivity index (χ2v) is 8.17. The third-order valence-electron chi connectivity index (χ3n) is 5.68. The predicted octanol–water partition coefficient (Wildman–Crippen LogP) is 3.43. The van der Waals surface area contributed by atoms with Gasteiger partial charge in [0.05, 0.1) is 5.92 Å². The van der Waals surface area contributed by atoms with Crippen LogP contribution in [0.4, 0.5) is 5.69 Å². The average Bonchev–Trinajstić information content (AvgIpc) is 3.38. The fraction of sp³-hybridized carbons (Fsp3) is 0.429. The van der Waals surface area contributed by atoms with Gasteiger partial charge in [0.15, 0.2) is 0 Å². The summed E-state index contributed by atoms with van der Waals surface area (Å²) in [6.45, 7) is 2.04. The Morgan fingerprint density at radius 2 is 1.74 bits per heavy atom. The number of amides is 2. The molecule has 1 aromatic heterocycles. The summed E-state index contributed by atoms with van der Waals surface area (Å²) in [4.78, 5) is 30.3. The first kappa shape index (κ1) is 18.2. The first-order chi connectivity index (χ1) is 13.2. The van der Waals surface area contributed by atoms with E-state index in [1.165, 1.54) is 4.90 Å². The number of nitrogens with zero attached hydrogens (tertiary/aromatic N) is 3. The summed E-state index contributed by atoms with van der Waals surface area (Å²) in [6.07, 6.45) is 8.49. The molecule has 1 unspecified atom stereocenters. The SMILES string of the molecule is CSc1ccc(N2CC(C(=O)N3CCC(n4cccc4)CC3)CC2=O)cc1. The van der Waals surface area contributed by atoms with Gasteiger partial charge >= 0.3 is 0 Å². The van der Waals surface area contributed by atoms with Gasteiger partial charge in [-0.3, -0.25) is 9.59 Å². The Morgan fingerprint density at radius 3 is 2.37 bits per heavy atom. The molecule has 2 amide bonds. The van der Waals surface area contributed by atoms with Crippen LogP contribution in [0.3, 0.4) is 0 Å². The molecule has 0 radical (unpaired) electrons. The molecule has 0 N–H and O–H groups in total. The van der Waals surface area contributed by atoms with E-state index in [0.717, 1.165) is 31.6 Å². The minimum absolute atomic E-state index is 0.0486. The second kappa shape index (κ2) is 7.80. The lowest BCUT2D eigenvalue weighted by atomic mass is 10.0. The maximum Gasteiger partial charge on any atom is 0.228 e. The fourth-order valence-electron chi connectivity index (χ4n) is 4.12. The number of carbonyl (C=O) groups excluding carboxylic acids is 2. The monoisotopic (exact) mass is 383 g/mol. The normalized spacial score (nSPS) is 21.1. The van der Waals surface area contributed by atoms with Crippen molar-refractivity contribution in [2.24, 2.45) is 5.92 Å². The number of benzene rings is 1. The molecule has 2 saturated heterocycles. The van der Waals surface area contributed by atoms with Crippen LogP contribution in [0, 0.1) is 5.92 Å². The molecule has 4 rings (SSSR count). The Bertz CT molecular complexity index is 795. The number of hydrogen-bond donors (Lipinski definition) is 0. The Kier molecular flexibility index (Phi) is 5.25. The fourth-order valence-corrected chi connectivity index (χ4v) is 4.53. The van der Waals surface area contributed by atoms with Crippen LogP contribution in [0.2, 0.25) is 0 Å². The predicted molar refractivity (Wildman–Crippen MR) is 108 cm³/mol. The number of anilines is 1. The van der Waals surface area contributed by atoms with Gasteiger partial charge in [-0.15, -0.1) is 11.8 Å². The molecule has 2 fully saturated rings. The largest absolute Gasteiger partial charge is 0.351 e. The smallest absolute Gasteiger partial charge is 0.228 e. The Balaban J connectivity index is 1.36. The van der Waals surface area contributed by atoms with Crippen LogP contribution >= 0.6 is 11.8 Å². The highest BCUT2D eigenvalue weighted by Gasteiger charge is 2.38. The van der Waals surface area contributed by atoms with Crippen molar-refractivity contribution in [1.82, 2.24) is 9.47 Å². The molecule has 0 spiro atoms. The topological polar surface area (TPSA) is 45.6 Å². The summed E-state index contributed by atoms with van der Waals surface area (Å²) in [5.41, 5.74) is 0.888. The van der Waals surface area contributed by atoms with Crippen LogP contribution in [-0.4, -0.2) is 47.2 Å². The van der Waals surface area contributed by atoms with Crippen LogP contribution in [0.1, 0.15) is 25.3 Å². The van der Waals surface area contributed by atoms with E-state index in [4.69, 9.17) is 0 Å². The number of likely N-dealkylation sites (tertiary alicyclic amines) is 1. The van der Waals surface area contributed by atoms with E-state index in [0.29, 0.717) is 19.0 Å². The van der Waals surface area contributed by atoms with Crippen LogP contribution in [-0.2, 0) is 9.59 Å². The summed E-state index contributed by atoms with van der Waals surface area (Å²) in [7, 11) is 0. The zero-order valence-corrected chi connectivity index (χ0v) is 16.4. The highest BCUT2D eigenvalue weighted by Crippen LogP contribution is 2.30. The number of carbonyl (C=O) groups is 2. The van der Waals surface area contributed by atoms with Crippen LogP contribution < -0.4 is 4.90 Å². The summed E-state index contributed by atoms with van der Waals surface area (Å²) in [6, 6.07) is 12.5. The minimum atomic E-state index is -0.221. The molecule has 2 aromatic rings. The summed E-state index contributed by atoms with van der Waals surface area (Å²) in [5, 5.41) is 0. The molecule has 142 valence electrons. The van der Waals surface area contributed by atoms with E-state index < -0.39 is 0 Å².